The zero-order valence-electron chi connectivity index (χ0n) is 7.83. The lowest BCUT2D eigenvalue weighted by molar-refractivity contribution is 0.913. The van der Waals surface area contributed by atoms with E-state index in [1.807, 2.05) is 0 Å². The third-order valence-corrected chi connectivity index (χ3v) is 8.41. The van der Waals surface area contributed by atoms with Crippen LogP contribution in [0.1, 0.15) is 20.8 Å². The van der Waals surface area contributed by atoms with Crippen LogP contribution in [0.3, 0.4) is 0 Å². The monoisotopic (exact) mass is 159 g/mol. The molecule has 0 aliphatic carbocycles. The predicted octanol–water partition coefficient (Wildman–Crippen LogP) is 2.25. The highest BCUT2D eigenvalue weighted by Crippen LogP contribution is 2.18. The van der Waals surface area contributed by atoms with Gasteiger partial charge in [0.15, 0.2) is 0 Å². The van der Waals surface area contributed by atoms with Crippen molar-refractivity contribution in [1.82, 2.24) is 5.32 Å². The summed E-state index contributed by atoms with van der Waals surface area (Å²) in [6, 6.07) is 4.29. The van der Waals surface area contributed by atoms with E-state index in [1.54, 1.807) is 0 Å². The quantitative estimate of drug-likeness (QED) is 0.607. The van der Waals surface area contributed by atoms with Crippen LogP contribution in [-0.4, -0.2) is 21.3 Å². The zero-order chi connectivity index (χ0) is 8.04. The minimum atomic E-state index is -0.829. The minimum Gasteiger partial charge on any atom is -0.322 e. The second-order valence-electron chi connectivity index (χ2n) is 3.09. The van der Waals surface area contributed by atoms with Crippen LogP contribution in [0, 0.1) is 0 Å². The molecule has 0 spiro atoms. The number of hydrogen-bond acceptors (Lipinski definition) is 1. The Morgan fingerprint density at radius 2 is 1.40 bits per heavy atom. The molecule has 0 saturated heterocycles. The van der Waals surface area contributed by atoms with Crippen LogP contribution in [0.5, 0.6) is 0 Å². The normalized spacial score (nSPS) is 12.0. The maximum atomic E-state index is 3.32. The molecule has 0 unspecified atom stereocenters. The van der Waals surface area contributed by atoms with E-state index in [-0.39, 0.29) is 0 Å². The van der Waals surface area contributed by atoms with Gasteiger partial charge in [0.25, 0.3) is 0 Å². The van der Waals surface area contributed by atoms with Gasteiger partial charge in [-0.15, -0.1) is 0 Å². The lowest BCUT2D eigenvalue weighted by Crippen LogP contribution is -2.42. The van der Waals surface area contributed by atoms with E-state index in [0.29, 0.717) is 0 Å². The summed E-state index contributed by atoms with van der Waals surface area (Å²) in [6.45, 7) is 7.03. The van der Waals surface area contributed by atoms with Crippen LogP contribution >= 0.6 is 0 Å². The van der Waals surface area contributed by atoms with E-state index in [0.717, 1.165) is 0 Å². The fourth-order valence-corrected chi connectivity index (χ4v) is 4.50. The van der Waals surface area contributed by atoms with Gasteiger partial charge in [0.1, 0.15) is 0 Å². The number of hydrogen-bond donors (Lipinski definition) is 1. The van der Waals surface area contributed by atoms with E-state index in [1.165, 1.54) is 24.3 Å². The van der Waals surface area contributed by atoms with Crippen molar-refractivity contribution < 1.29 is 0 Å². The first-order valence-corrected chi connectivity index (χ1v) is 7.22. The van der Waals surface area contributed by atoms with Crippen molar-refractivity contribution >= 4 is 8.07 Å². The molecule has 0 aliphatic heterocycles. The van der Waals surface area contributed by atoms with Crippen molar-refractivity contribution in [2.75, 3.05) is 13.2 Å². The lowest BCUT2D eigenvalue weighted by Gasteiger charge is -2.27. The second kappa shape index (κ2) is 4.91. The van der Waals surface area contributed by atoms with E-state index < -0.39 is 8.07 Å². The van der Waals surface area contributed by atoms with Crippen molar-refractivity contribution in [2.24, 2.45) is 0 Å². The van der Waals surface area contributed by atoms with E-state index in [2.05, 4.69) is 33.1 Å². The first-order valence-electron chi connectivity index (χ1n) is 4.39. The fraction of sp³-hybridized carbons (Fsp3) is 1.00. The summed E-state index contributed by atoms with van der Waals surface area (Å²) in [7, 11) is 1.24. The molecule has 0 rings (SSSR count). The summed E-state index contributed by atoms with van der Waals surface area (Å²) in [4.78, 5) is 0. The Morgan fingerprint density at radius 1 is 1.00 bits per heavy atom. The molecule has 10 heavy (non-hydrogen) atoms. The first-order chi connectivity index (χ1) is 4.74. The van der Waals surface area contributed by atoms with Gasteiger partial charge in [-0.2, -0.15) is 0 Å². The van der Waals surface area contributed by atoms with Gasteiger partial charge < -0.3 is 5.32 Å². The molecular formula is C8H21NSi. The molecule has 0 radical (unpaired) electrons. The van der Waals surface area contributed by atoms with Crippen molar-refractivity contribution in [1.29, 1.82) is 0 Å². The summed E-state index contributed by atoms with van der Waals surface area (Å²) in [5.74, 6) is 0. The van der Waals surface area contributed by atoms with Crippen LogP contribution in [0.2, 0.25) is 18.1 Å². The topological polar surface area (TPSA) is 12.0 Å². The van der Waals surface area contributed by atoms with E-state index in [9.17, 15) is 0 Å². The molecule has 1 nitrogen and oxygen atoms in total. The molecule has 1 N–H and O–H groups in total. The summed E-state index contributed by atoms with van der Waals surface area (Å²) in [5.41, 5.74) is 0. The highest BCUT2D eigenvalue weighted by Gasteiger charge is 2.24. The summed E-state index contributed by atoms with van der Waals surface area (Å²) in [6.07, 6.45) is 1.30. The Labute approximate surface area is 66.2 Å². The molecule has 0 heterocycles. The maximum absolute atomic E-state index is 3.32. The first kappa shape index (κ1) is 10.2. The molecule has 0 bridgehead atoms. The zero-order valence-corrected chi connectivity index (χ0v) is 8.83. The summed E-state index contributed by atoms with van der Waals surface area (Å²) >= 11 is 0. The van der Waals surface area contributed by atoms with Crippen LogP contribution in [0.25, 0.3) is 0 Å². The third-order valence-electron chi connectivity index (χ3n) is 2.80. The van der Waals surface area contributed by atoms with Gasteiger partial charge in [-0.05, 0) is 13.2 Å². The van der Waals surface area contributed by atoms with Crippen LogP contribution in [0.15, 0.2) is 0 Å². The number of nitrogens with one attached hydrogen (secondary N) is 1. The smallest absolute Gasteiger partial charge is 0.0679 e. The molecule has 62 valence electrons. The molecule has 0 atom stereocenters. The van der Waals surface area contributed by atoms with E-state index in [4.69, 9.17) is 0 Å². The molecule has 0 aromatic heterocycles. The molecule has 0 saturated carbocycles. The Balaban J connectivity index is 3.87. The third kappa shape index (κ3) is 2.43. The Morgan fingerprint density at radius 3 is 1.50 bits per heavy atom. The standard InChI is InChI=1S/C8H21NSi/c1-5-10(6-2,7-3)8-9-4/h9H,5-8H2,1-4H3. The van der Waals surface area contributed by atoms with Gasteiger partial charge in [-0.3, -0.25) is 0 Å². The Hall–Kier alpha value is 0.177. The average molecular weight is 159 g/mol. The molecule has 0 amide bonds. The van der Waals surface area contributed by atoms with Crippen molar-refractivity contribution in [3.05, 3.63) is 0 Å². The van der Waals surface area contributed by atoms with Gasteiger partial charge in [0.2, 0.25) is 0 Å². The largest absolute Gasteiger partial charge is 0.322 e. The van der Waals surface area contributed by atoms with Crippen molar-refractivity contribution in [2.45, 2.75) is 38.9 Å². The van der Waals surface area contributed by atoms with Gasteiger partial charge >= 0.3 is 0 Å². The van der Waals surface area contributed by atoms with Crippen molar-refractivity contribution in [3.8, 4) is 0 Å². The van der Waals surface area contributed by atoms with E-state index >= 15 is 0 Å². The van der Waals surface area contributed by atoms with Crippen molar-refractivity contribution in [3.63, 3.8) is 0 Å². The average Bonchev–Trinajstić information content (AvgIpc) is 2.01. The SMILES string of the molecule is CC[Si](CC)(CC)CNC. The van der Waals surface area contributed by atoms with Gasteiger partial charge in [0.05, 0.1) is 8.07 Å². The Kier molecular flexibility index (Phi) is 5.00. The summed E-state index contributed by atoms with van der Waals surface area (Å²) < 4.78 is 0. The second-order valence-corrected chi connectivity index (χ2v) is 8.57. The number of rotatable bonds is 5. The highest BCUT2D eigenvalue weighted by atomic mass is 28.3. The summed E-state index contributed by atoms with van der Waals surface area (Å²) in [5, 5.41) is 3.32. The van der Waals surface area contributed by atoms with Gasteiger partial charge in [0, 0.05) is 0 Å². The van der Waals surface area contributed by atoms with Gasteiger partial charge in [-0.25, -0.2) is 0 Å². The van der Waals surface area contributed by atoms with Crippen LogP contribution in [0.4, 0.5) is 0 Å². The van der Waals surface area contributed by atoms with Crippen LogP contribution < -0.4 is 5.32 Å². The maximum Gasteiger partial charge on any atom is 0.0679 e. The molecule has 0 aliphatic rings. The lowest BCUT2D eigenvalue weighted by atomic mass is 10.9. The molecule has 0 aromatic rings. The minimum absolute atomic E-state index is 0.829. The Bertz CT molecular complexity index is 71.1. The molecule has 0 fully saturated rings. The highest BCUT2D eigenvalue weighted by molar-refractivity contribution is 6.79. The van der Waals surface area contributed by atoms with Gasteiger partial charge in [-0.1, -0.05) is 38.9 Å². The fourth-order valence-electron chi connectivity index (χ4n) is 1.50. The predicted molar refractivity (Wildman–Crippen MR) is 51.1 cm³/mol. The molecule has 2 heteroatoms. The molecular weight excluding hydrogens is 138 g/mol. The van der Waals surface area contributed by atoms with Crippen LogP contribution in [-0.2, 0) is 0 Å². The molecule has 0 aromatic carbocycles.